The van der Waals surface area contributed by atoms with Gasteiger partial charge in [-0.1, -0.05) is 42.2 Å². The van der Waals surface area contributed by atoms with Gasteiger partial charge in [-0.25, -0.2) is 4.79 Å². The van der Waals surface area contributed by atoms with Gasteiger partial charge in [-0.15, -0.1) is 0 Å². The molecule has 0 aromatic heterocycles. The third kappa shape index (κ3) is 6.45. The highest BCUT2D eigenvalue weighted by molar-refractivity contribution is 6.08. The largest absolute Gasteiger partial charge is 0.444 e. The van der Waals surface area contributed by atoms with Crippen LogP contribution in [0.1, 0.15) is 48.7 Å². The van der Waals surface area contributed by atoms with Crippen LogP contribution in [-0.2, 0) is 4.74 Å². The van der Waals surface area contributed by atoms with E-state index in [9.17, 15) is 9.59 Å². The van der Waals surface area contributed by atoms with Gasteiger partial charge in [0, 0.05) is 29.7 Å². The number of alkyl carbamates (subject to hydrolysis) is 1. The molecule has 0 aliphatic carbocycles. The molecular formula is C22H23NO3. The van der Waals surface area contributed by atoms with Crippen LogP contribution >= 0.6 is 0 Å². The van der Waals surface area contributed by atoms with Gasteiger partial charge in [0.05, 0.1) is 0 Å². The number of nitrogens with one attached hydrogen (secondary N) is 1. The Morgan fingerprint density at radius 1 is 0.962 bits per heavy atom. The van der Waals surface area contributed by atoms with E-state index in [4.69, 9.17) is 4.74 Å². The lowest BCUT2D eigenvalue weighted by molar-refractivity contribution is 0.0529. The van der Waals surface area contributed by atoms with Crippen LogP contribution in [0.5, 0.6) is 0 Å². The summed E-state index contributed by atoms with van der Waals surface area (Å²) in [6.45, 7) is 5.88. The molecule has 0 saturated carbocycles. The van der Waals surface area contributed by atoms with Crippen LogP contribution < -0.4 is 5.32 Å². The van der Waals surface area contributed by atoms with Crippen LogP contribution in [0.25, 0.3) is 0 Å². The first kappa shape index (κ1) is 19.3. The fraction of sp³-hybridized carbons (Fsp3) is 0.273. The second-order valence-corrected chi connectivity index (χ2v) is 6.75. The minimum atomic E-state index is -0.505. The Hall–Kier alpha value is -3.06. The molecule has 0 unspecified atom stereocenters. The molecule has 2 aromatic rings. The first-order valence-corrected chi connectivity index (χ1v) is 8.51. The zero-order chi connectivity index (χ0) is 19.0. The molecule has 0 aliphatic rings. The first-order chi connectivity index (χ1) is 12.3. The minimum Gasteiger partial charge on any atom is -0.444 e. The van der Waals surface area contributed by atoms with Crippen molar-refractivity contribution in [1.82, 2.24) is 5.32 Å². The number of amides is 1. The van der Waals surface area contributed by atoms with Crippen molar-refractivity contribution in [1.29, 1.82) is 0 Å². The third-order valence-corrected chi connectivity index (χ3v) is 3.33. The summed E-state index contributed by atoms with van der Waals surface area (Å²) in [6.07, 6.45) is 0.0762. The van der Waals surface area contributed by atoms with Crippen LogP contribution in [0.4, 0.5) is 4.79 Å². The van der Waals surface area contributed by atoms with E-state index in [1.54, 1.807) is 24.3 Å². The lowest BCUT2D eigenvalue weighted by Crippen LogP contribution is -2.32. The zero-order valence-electron chi connectivity index (χ0n) is 15.3. The van der Waals surface area contributed by atoms with E-state index in [2.05, 4.69) is 17.2 Å². The van der Waals surface area contributed by atoms with Gasteiger partial charge in [-0.05, 0) is 45.0 Å². The van der Waals surface area contributed by atoms with Crippen LogP contribution in [0.15, 0.2) is 54.6 Å². The van der Waals surface area contributed by atoms with E-state index in [-0.39, 0.29) is 5.78 Å². The van der Waals surface area contributed by atoms with E-state index in [1.807, 2.05) is 51.1 Å². The van der Waals surface area contributed by atoms with Crippen molar-refractivity contribution in [3.8, 4) is 11.8 Å². The Labute approximate surface area is 154 Å². The Morgan fingerprint density at radius 3 is 2.19 bits per heavy atom. The predicted molar refractivity (Wildman–Crippen MR) is 102 cm³/mol. The number of hydrogen-bond donors (Lipinski definition) is 1. The standard InChI is InChI=1S/C22H23NO3/c1-22(2,3)26-21(25)23-16-8-7-9-17-12-14-19(15-13-17)20(24)18-10-5-4-6-11-18/h4-6,10-15H,8,16H2,1-3H3,(H,23,25). The Balaban J connectivity index is 1.84. The van der Waals surface area contributed by atoms with Crippen LogP contribution in [0, 0.1) is 11.8 Å². The fourth-order valence-corrected chi connectivity index (χ4v) is 2.17. The second kappa shape index (κ2) is 8.87. The van der Waals surface area contributed by atoms with Gasteiger partial charge in [0.15, 0.2) is 5.78 Å². The van der Waals surface area contributed by atoms with Crippen molar-refractivity contribution in [2.24, 2.45) is 0 Å². The van der Waals surface area contributed by atoms with Gasteiger partial charge in [0.1, 0.15) is 5.60 Å². The van der Waals surface area contributed by atoms with Crippen molar-refractivity contribution in [3.63, 3.8) is 0 Å². The molecule has 0 radical (unpaired) electrons. The molecule has 0 fully saturated rings. The second-order valence-electron chi connectivity index (χ2n) is 6.75. The summed E-state index contributed by atoms with van der Waals surface area (Å²) in [6, 6.07) is 16.4. The fourth-order valence-electron chi connectivity index (χ4n) is 2.17. The maximum absolute atomic E-state index is 12.3. The first-order valence-electron chi connectivity index (χ1n) is 8.51. The molecule has 0 aliphatic heterocycles. The molecule has 2 aromatic carbocycles. The van der Waals surface area contributed by atoms with Gasteiger partial charge < -0.3 is 10.1 Å². The summed E-state index contributed by atoms with van der Waals surface area (Å²) < 4.78 is 5.14. The zero-order valence-corrected chi connectivity index (χ0v) is 15.3. The normalized spacial score (nSPS) is 10.4. The van der Waals surface area contributed by atoms with Gasteiger partial charge >= 0.3 is 6.09 Å². The molecule has 0 atom stereocenters. The van der Waals surface area contributed by atoms with Crippen molar-refractivity contribution in [3.05, 3.63) is 71.3 Å². The van der Waals surface area contributed by atoms with Gasteiger partial charge in [0.2, 0.25) is 0 Å². The highest BCUT2D eigenvalue weighted by Gasteiger charge is 2.15. The van der Waals surface area contributed by atoms with E-state index in [0.717, 1.165) is 5.56 Å². The summed E-state index contributed by atoms with van der Waals surface area (Å²) in [5.41, 5.74) is 1.62. The summed E-state index contributed by atoms with van der Waals surface area (Å²) in [4.78, 5) is 23.8. The molecule has 2 rings (SSSR count). The van der Waals surface area contributed by atoms with Gasteiger partial charge in [0.25, 0.3) is 0 Å². The number of carbonyl (C=O) groups excluding carboxylic acids is 2. The Morgan fingerprint density at radius 2 is 1.58 bits per heavy atom. The third-order valence-electron chi connectivity index (χ3n) is 3.33. The molecule has 134 valence electrons. The number of benzene rings is 2. The number of ether oxygens (including phenoxy) is 1. The van der Waals surface area contributed by atoms with Crippen molar-refractivity contribution < 1.29 is 14.3 Å². The minimum absolute atomic E-state index is 0.00771. The van der Waals surface area contributed by atoms with Crippen molar-refractivity contribution in [2.75, 3.05) is 6.54 Å². The number of carbonyl (C=O) groups is 2. The smallest absolute Gasteiger partial charge is 0.407 e. The lowest BCUT2D eigenvalue weighted by atomic mass is 10.0. The molecule has 4 heteroatoms. The quantitative estimate of drug-likeness (QED) is 0.512. The number of rotatable bonds is 4. The number of ketones is 1. The summed E-state index contributed by atoms with van der Waals surface area (Å²) >= 11 is 0. The monoisotopic (exact) mass is 349 g/mol. The molecule has 0 bridgehead atoms. The van der Waals surface area contributed by atoms with Crippen LogP contribution in [0.3, 0.4) is 0 Å². The van der Waals surface area contributed by atoms with Crippen molar-refractivity contribution in [2.45, 2.75) is 32.8 Å². The molecule has 26 heavy (non-hydrogen) atoms. The van der Waals surface area contributed by atoms with E-state index in [0.29, 0.717) is 24.1 Å². The highest BCUT2D eigenvalue weighted by Crippen LogP contribution is 2.10. The molecule has 0 spiro atoms. The van der Waals surface area contributed by atoms with E-state index < -0.39 is 11.7 Å². The molecule has 4 nitrogen and oxygen atoms in total. The maximum Gasteiger partial charge on any atom is 0.407 e. The predicted octanol–water partition coefficient (Wildman–Crippen LogP) is 4.18. The molecular weight excluding hydrogens is 326 g/mol. The molecule has 1 N–H and O–H groups in total. The highest BCUT2D eigenvalue weighted by atomic mass is 16.6. The summed E-state index contributed by atoms with van der Waals surface area (Å²) in [5, 5.41) is 2.66. The van der Waals surface area contributed by atoms with E-state index >= 15 is 0 Å². The maximum atomic E-state index is 12.3. The SMILES string of the molecule is CC(C)(C)OC(=O)NCCC#Cc1ccc(C(=O)c2ccccc2)cc1. The van der Waals surface area contributed by atoms with Gasteiger partial charge in [-0.2, -0.15) is 0 Å². The average molecular weight is 349 g/mol. The lowest BCUT2D eigenvalue weighted by Gasteiger charge is -2.19. The van der Waals surface area contributed by atoms with Gasteiger partial charge in [-0.3, -0.25) is 4.79 Å². The Bertz CT molecular complexity index is 806. The van der Waals surface area contributed by atoms with Crippen LogP contribution in [0.2, 0.25) is 0 Å². The summed E-state index contributed by atoms with van der Waals surface area (Å²) in [5.74, 6) is 6.01. The molecule has 1 amide bonds. The van der Waals surface area contributed by atoms with Crippen LogP contribution in [-0.4, -0.2) is 24.0 Å². The topological polar surface area (TPSA) is 55.4 Å². The average Bonchev–Trinajstić information content (AvgIpc) is 2.60. The Kier molecular flexibility index (Phi) is 6.57. The number of hydrogen-bond acceptors (Lipinski definition) is 3. The molecule has 0 saturated heterocycles. The van der Waals surface area contributed by atoms with E-state index in [1.165, 1.54) is 0 Å². The summed E-state index contributed by atoms with van der Waals surface area (Å²) in [7, 11) is 0. The van der Waals surface area contributed by atoms with Crippen molar-refractivity contribution >= 4 is 11.9 Å². The molecule has 0 heterocycles.